The van der Waals surface area contributed by atoms with Gasteiger partial charge in [0.05, 0.1) is 12.0 Å². The van der Waals surface area contributed by atoms with Crippen LogP contribution in [0.3, 0.4) is 0 Å². The summed E-state index contributed by atoms with van der Waals surface area (Å²) in [6.07, 6.45) is 2.37. The first kappa shape index (κ1) is 30.3. The van der Waals surface area contributed by atoms with E-state index in [1.165, 1.54) is 54.1 Å². The van der Waals surface area contributed by atoms with E-state index in [0.29, 0.717) is 11.1 Å². The van der Waals surface area contributed by atoms with Crippen LogP contribution in [-0.4, -0.2) is 28.4 Å². The maximum absolute atomic E-state index is 12.9. The maximum Gasteiger partial charge on any atom is 0.336 e. The van der Waals surface area contributed by atoms with Crippen molar-refractivity contribution in [3.63, 3.8) is 0 Å². The van der Waals surface area contributed by atoms with Crippen LogP contribution in [0.5, 0.6) is 0 Å². The minimum atomic E-state index is -1.04. The van der Waals surface area contributed by atoms with Gasteiger partial charge in [0.1, 0.15) is 17.9 Å². The molecular weight excluding hydrogens is 502 g/mol. The Hall–Kier alpha value is -4.91. The lowest BCUT2D eigenvalue weighted by atomic mass is 10.0. The number of carbonyl (C=O) groups is 3. The Morgan fingerprint density at radius 2 is 1.10 bits per heavy atom. The number of carboxylic acid groups (broad SMARTS) is 2. The van der Waals surface area contributed by atoms with Gasteiger partial charge in [-0.05, 0) is 60.9 Å². The van der Waals surface area contributed by atoms with Crippen molar-refractivity contribution in [1.82, 2.24) is 0 Å². The normalized spacial score (nSPS) is 10.3. The van der Waals surface area contributed by atoms with Crippen LogP contribution in [0.1, 0.15) is 38.2 Å². The zero-order valence-corrected chi connectivity index (χ0v) is 21.5. The molecule has 0 saturated heterocycles. The molecule has 2 N–H and O–H groups in total. The van der Waals surface area contributed by atoms with E-state index in [1.54, 1.807) is 6.08 Å². The molecule has 4 rings (SSSR count). The fraction of sp³-hybridized carbons (Fsp3) is 0.0938. The van der Waals surface area contributed by atoms with Crippen molar-refractivity contribution in [2.24, 2.45) is 0 Å². The maximum atomic E-state index is 12.9. The van der Waals surface area contributed by atoms with Gasteiger partial charge in [-0.1, -0.05) is 83.9 Å². The predicted molar refractivity (Wildman–Crippen MR) is 147 cm³/mol. The lowest BCUT2D eigenvalue weighted by Gasteiger charge is -2.03. The van der Waals surface area contributed by atoms with Crippen LogP contribution in [0.15, 0.2) is 97.1 Å². The first-order chi connectivity index (χ1) is 18.6. The smallest absolute Gasteiger partial charge is 0.336 e. The largest absolute Gasteiger partial charge is 0.481 e. The minimum absolute atomic E-state index is 0.0553. The summed E-state index contributed by atoms with van der Waals surface area (Å²) >= 11 is 0. The first-order valence-corrected chi connectivity index (χ1v) is 11.8. The van der Waals surface area contributed by atoms with Crippen LogP contribution in [0.4, 0.5) is 8.78 Å². The van der Waals surface area contributed by atoms with Crippen molar-refractivity contribution in [2.45, 2.75) is 20.3 Å². The van der Waals surface area contributed by atoms with Gasteiger partial charge >= 0.3 is 11.9 Å². The average molecular weight is 531 g/mol. The van der Waals surface area contributed by atoms with E-state index in [9.17, 15) is 28.3 Å². The van der Waals surface area contributed by atoms with Crippen LogP contribution in [0, 0.1) is 25.5 Å². The highest BCUT2D eigenvalue weighted by Gasteiger charge is 2.10. The molecular formula is C32H28F2O5. The molecule has 39 heavy (non-hydrogen) atoms. The Balaban J connectivity index is 0.000000226. The van der Waals surface area contributed by atoms with Crippen molar-refractivity contribution >= 4 is 29.9 Å². The second-order valence-corrected chi connectivity index (χ2v) is 8.51. The van der Waals surface area contributed by atoms with E-state index >= 15 is 0 Å². The molecule has 0 aromatic heterocycles. The predicted octanol–water partition coefficient (Wildman–Crippen LogP) is 7.02. The molecule has 4 aromatic carbocycles. The highest BCUT2D eigenvalue weighted by Crippen LogP contribution is 2.19. The zero-order chi connectivity index (χ0) is 28.8. The molecule has 0 bridgehead atoms. The molecule has 4 aromatic rings. The number of hydrogen-bond donors (Lipinski definition) is 2. The quantitative estimate of drug-likeness (QED) is 0.159. The van der Waals surface area contributed by atoms with Crippen LogP contribution >= 0.6 is 0 Å². The molecule has 7 heteroatoms. The van der Waals surface area contributed by atoms with Gasteiger partial charge in [-0.2, -0.15) is 0 Å². The molecule has 0 radical (unpaired) electrons. The van der Waals surface area contributed by atoms with Gasteiger partial charge < -0.3 is 10.2 Å². The minimum Gasteiger partial charge on any atom is -0.481 e. The molecule has 200 valence electrons. The second-order valence-electron chi connectivity index (χ2n) is 8.51. The van der Waals surface area contributed by atoms with Gasteiger partial charge in [0.25, 0.3) is 0 Å². The van der Waals surface area contributed by atoms with Crippen LogP contribution in [-0.2, 0) is 16.0 Å². The molecule has 0 amide bonds. The first-order valence-electron chi connectivity index (χ1n) is 11.8. The lowest BCUT2D eigenvalue weighted by molar-refractivity contribution is -0.136. The molecule has 0 unspecified atom stereocenters. The van der Waals surface area contributed by atoms with Gasteiger partial charge in [-0.3, -0.25) is 9.59 Å². The average Bonchev–Trinajstić information content (AvgIpc) is 2.91. The summed E-state index contributed by atoms with van der Waals surface area (Å²) < 4.78 is 25.1. The zero-order valence-electron chi connectivity index (χ0n) is 21.5. The lowest BCUT2D eigenvalue weighted by Crippen LogP contribution is -1.99. The summed E-state index contributed by atoms with van der Waals surface area (Å²) in [7, 11) is 0. The Bertz CT molecular complexity index is 1390. The van der Waals surface area contributed by atoms with Gasteiger partial charge in [0.15, 0.2) is 0 Å². The van der Waals surface area contributed by atoms with E-state index in [0.717, 1.165) is 23.0 Å². The van der Waals surface area contributed by atoms with Crippen LogP contribution in [0.25, 0.3) is 11.6 Å². The van der Waals surface area contributed by atoms with Crippen molar-refractivity contribution in [3.05, 3.63) is 142 Å². The summed E-state index contributed by atoms with van der Waals surface area (Å²) in [6.45, 7) is 3.96. The number of hydrogen-bond acceptors (Lipinski definition) is 3. The summed E-state index contributed by atoms with van der Waals surface area (Å²) in [4.78, 5) is 31.6. The van der Waals surface area contributed by atoms with Gasteiger partial charge in [0.2, 0.25) is 0 Å². The number of rotatable bonds is 6. The molecule has 0 fully saturated rings. The number of halogens is 2. The van der Waals surface area contributed by atoms with Gasteiger partial charge in [-0.25, -0.2) is 13.6 Å². The SMILES string of the molecule is Cc1ccc(/C=C(\C(=O)O)c2ccc(F)cc2)cc1.Cc1ccc(C=O)cc1.O=C(O)Cc1ccc(F)cc1. The molecule has 0 aliphatic heterocycles. The van der Waals surface area contributed by atoms with Crippen molar-refractivity contribution in [1.29, 1.82) is 0 Å². The number of aryl methyl sites for hydroxylation is 2. The third-order valence-corrected chi connectivity index (χ3v) is 5.26. The van der Waals surface area contributed by atoms with Crippen molar-refractivity contribution < 1.29 is 33.4 Å². The van der Waals surface area contributed by atoms with Gasteiger partial charge in [0, 0.05) is 5.56 Å². The monoisotopic (exact) mass is 530 g/mol. The molecule has 0 atom stereocenters. The van der Waals surface area contributed by atoms with E-state index in [1.807, 2.05) is 62.4 Å². The van der Waals surface area contributed by atoms with Crippen LogP contribution in [0.2, 0.25) is 0 Å². The Morgan fingerprint density at radius 1 is 0.667 bits per heavy atom. The fourth-order valence-electron chi connectivity index (χ4n) is 3.15. The fourth-order valence-corrected chi connectivity index (χ4v) is 3.15. The van der Waals surface area contributed by atoms with E-state index < -0.39 is 11.9 Å². The number of carbonyl (C=O) groups excluding carboxylic acids is 1. The second kappa shape index (κ2) is 15.4. The number of aliphatic carboxylic acids is 2. The molecule has 0 aliphatic rings. The topological polar surface area (TPSA) is 91.7 Å². The standard InChI is InChI=1S/C16H13FO2.C8H7FO2.C8H8O/c1-11-2-4-12(5-3-11)10-15(16(18)19)13-6-8-14(17)9-7-13;9-7-3-1-6(2-4-7)5-8(10)11;1-7-2-4-8(6-9)5-3-7/h2-10H,1H3,(H,18,19);1-4H,5H2,(H,10,11);2-6H,1H3/b15-10-;;. The highest BCUT2D eigenvalue weighted by molar-refractivity contribution is 6.20. The summed E-state index contributed by atoms with van der Waals surface area (Å²) in [6, 6.07) is 25.8. The molecule has 0 saturated carbocycles. The highest BCUT2D eigenvalue weighted by atomic mass is 19.1. The Labute approximate surface area is 225 Å². The molecule has 0 heterocycles. The summed E-state index contributed by atoms with van der Waals surface area (Å²) in [5.74, 6) is -2.67. The Kier molecular flexibility index (Phi) is 11.9. The molecule has 0 spiro atoms. The summed E-state index contributed by atoms with van der Waals surface area (Å²) in [5.41, 5.74) is 5.06. The number of benzene rings is 4. The molecule has 5 nitrogen and oxygen atoms in total. The van der Waals surface area contributed by atoms with Gasteiger partial charge in [-0.15, -0.1) is 0 Å². The van der Waals surface area contributed by atoms with Crippen LogP contribution < -0.4 is 0 Å². The third kappa shape index (κ3) is 11.3. The Morgan fingerprint density at radius 3 is 1.51 bits per heavy atom. The number of aldehydes is 1. The van der Waals surface area contributed by atoms with E-state index in [4.69, 9.17) is 5.11 Å². The van der Waals surface area contributed by atoms with E-state index in [2.05, 4.69) is 0 Å². The number of carboxylic acids is 2. The van der Waals surface area contributed by atoms with E-state index in [-0.39, 0.29) is 23.6 Å². The van der Waals surface area contributed by atoms with Crippen molar-refractivity contribution in [2.75, 3.05) is 0 Å². The summed E-state index contributed by atoms with van der Waals surface area (Å²) in [5, 5.41) is 17.6. The molecule has 0 aliphatic carbocycles. The van der Waals surface area contributed by atoms with Crippen molar-refractivity contribution in [3.8, 4) is 0 Å². The third-order valence-electron chi connectivity index (χ3n) is 5.26.